The van der Waals surface area contributed by atoms with Gasteiger partial charge >= 0.3 is 0 Å². The van der Waals surface area contributed by atoms with Crippen molar-refractivity contribution < 1.29 is 4.79 Å². The van der Waals surface area contributed by atoms with Crippen molar-refractivity contribution in [2.45, 2.75) is 5.25 Å². The van der Waals surface area contributed by atoms with E-state index in [9.17, 15) is 4.79 Å². The Hall–Kier alpha value is -2.72. The smallest absolute Gasteiger partial charge is 0.234 e. The standard InChI is InChI=1S/C23H24N2OS/c1-25(2)21-15-13-20(14-16-21)24-22(26)17-27-23(18-9-5-3-6-10-18)19-11-7-4-8-12-19/h3-16,23H,17H2,1-2H3,(H,24,26). The van der Waals surface area contributed by atoms with E-state index in [4.69, 9.17) is 0 Å². The number of nitrogens with one attached hydrogen (secondary N) is 1. The van der Waals surface area contributed by atoms with Gasteiger partial charge in [-0.2, -0.15) is 0 Å². The Balaban J connectivity index is 1.65. The number of anilines is 2. The molecule has 3 aromatic carbocycles. The molecular formula is C23H24N2OS. The van der Waals surface area contributed by atoms with E-state index in [1.807, 2.05) is 79.7 Å². The van der Waals surface area contributed by atoms with Crippen molar-refractivity contribution in [1.82, 2.24) is 0 Å². The highest BCUT2D eigenvalue weighted by Gasteiger charge is 2.16. The zero-order chi connectivity index (χ0) is 19.1. The van der Waals surface area contributed by atoms with Crippen LogP contribution in [-0.2, 0) is 4.79 Å². The normalized spacial score (nSPS) is 10.6. The Labute approximate surface area is 165 Å². The Morgan fingerprint density at radius 2 is 1.37 bits per heavy atom. The Bertz CT molecular complexity index is 809. The molecule has 138 valence electrons. The first kappa shape index (κ1) is 19.1. The summed E-state index contributed by atoms with van der Waals surface area (Å²) in [4.78, 5) is 14.5. The lowest BCUT2D eigenvalue weighted by atomic mass is 10.0. The first-order valence-electron chi connectivity index (χ1n) is 8.92. The maximum atomic E-state index is 12.5. The summed E-state index contributed by atoms with van der Waals surface area (Å²) in [5, 5.41) is 3.12. The van der Waals surface area contributed by atoms with Gasteiger partial charge in [-0.05, 0) is 35.4 Å². The van der Waals surface area contributed by atoms with Crippen LogP contribution >= 0.6 is 11.8 Å². The van der Waals surface area contributed by atoms with Crippen LogP contribution in [0.1, 0.15) is 16.4 Å². The third-order valence-electron chi connectivity index (χ3n) is 4.25. The second-order valence-electron chi connectivity index (χ2n) is 6.50. The summed E-state index contributed by atoms with van der Waals surface area (Å²) in [6.45, 7) is 0. The third-order valence-corrected chi connectivity index (χ3v) is 5.56. The summed E-state index contributed by atoms with van der Waals surface area (Å²) in [6, 6.07) is 28.5. The number of benzene rings is 3. The van der Waals surface area contributed by atoms with Crippen molar-refractivity contribution >= 4 is 29.0 Å². The molecule has 0 radical (unpaired) electrons. The van der Waals surface area contributed by atoms with Gasteiger partial charge in [-0.25, -0.2) is 0 Å². The number of carbonyl (C=O) groups excluding carboxylic acids is 1. The molecule has 0 saturated heterocycles. The minimum Gasteiger partial charge on any atom is -0.378 e. The summed E-state index contributed by atoms with van der Waals surface area (Å²) < 4.78 is 0. The molecule has 3 aromatic rings. The number of nitrogens with zero attached hydrogens (tertiary/aromatic N) is 1. The van der Waals surface area contributed by atoms with Gasteiger partial charge in [0.1, 0.15) is 0 Å². The minimum absolute atomic E-state index is 0.00876. The predicted octanol–water partition coefficient (Wildman–Crippen LogP) is 5.21. The van der Waals surface area contributed by atoms with Crippen molar-refractivity contribution in [3.63, 3.8) is 0 Å². The van der Waals surface area contributed by atoms with Gasteiger partial charge < -0.3 is 10.2 Å². The molecular weight excluding hydrogens is 352 g/mol. The zero-order valence-corrected chi connectivity index (χ0v) is 16.4. The van der Waals surface area contributed by atoms with Gasteiger partial charge in [0.25, 0.3) is 0 Å². The van der Waals surface area contributed by atoms with Crippen LogP contribution < -0.4 is 10.2 Å². The Morgan fingerprint density at radius 1 is 0.852 bits per heavy atom. The van der Waals surface area contributed by atoms with Crippen LogP contribution in [0.3, 0.4) is 0 Å². The number of thioether (sulfide) groups is 1. The molecule has 0 aliphatic carbocycles. The molecule has 0 bridgehead atoms. The van der Waals surface area contributed by atoms with Crippen LogP contribution in [0, 0.1) is 0 Å². The van der Waals surface area contributed by atoms with Gasteiger partial charge in [0.05, 0.1) is 11.0 Å². The molecule has 0 aliphatic rings. The van der Waals surface area contributed by atoms with Crippen molar-refractivity contribution in [2.24, 2.45) is 0 Å². The third kappa shape index (κ3) is 5.38. The molecule has 0 aliphatic heterocycles. The van der Waals surface area contributed by atoms with E-state index in [0.29, 0.717) is 5.75 Å². The van der Waals surface area contributed by atoms with Gasteiger partial charge in [-0.3, -0.25) is 4.79 Å². The average Bonchev–Trinajstić information content (AvgIpc) is 2.70. The monoisotopic (exact) mass is 376 g/mol. The highest BCUT2D eigenvalue weighted by molar-refractivity contribution is 8.00. The molecule has 0 saturated carbocycles. The second-order valence-corrected chi connectivity index (χ2v) is 7.60. The number of hydrogen-bond donors (Lipinski definition) is 1. The number of amides is 1. The van der Waals surface area contributed by atoms with Crippen LogP contribution in [0.25, 0.3) is 0 Å². The van der Waals surface area contributed by atoms with Crippen molar-refractivity contribution in [3.8, 4) is 0 Å². The van der Waals surface area contributed by atoms with E-state index in [-0.39, 0.29) is 11.2 Å². The molecule has 0 spiro atoms. The average molecular weight is 377 g/mol. The van der Waals surface area contributed by atoms with Crippen molar-refractivity contribution in [3.05, 3.63) is 96.1 Å². The van der Waals surface area contributed by atoms with Gasteiger partial charge in [0, 0.05) is 25.5 Å². The maximum absolute atomic E-state index is 12.5. The summed E-state index contributed by atoms with van der Waals surface area (Å²) in [5.41, 5.74) is 4.34. The van der Waals surface area contributed by atoms with E-state index < -0.39 is 0 Å². The number of rotatable bonds is 7. The van der Waals surface area contributed by atoms with E-state index in [0.717, 1.165) is 11.4 Å². The second kappa shape index (κ2) is 9.28. The van der Waals surface area contributed by atoms with Crippen LogP contribution in [0.5, 0.6) is 0 Å². The maximum Gasteiger partial charge on any atom is 0.234 e. The molecule has 0 aromatic heterocycles. The molecule has 0 atom stereocenters. The number of hydrogen-bond acceptors (Lipinski definition) is 3. The van der Waals surface area contributed by atoms with Crippen LogP contribution in [0.15, 0.2) is 84.9 Å². The summed E-state index contributed by atoms with van der Waals surface area (Å²) >= 11 is 1.64. The zero-order valence-electron chi connectivity index (χ0n) is 15.6. The molecule has 0 fully saturated rings. The fourth-order valence-electron chi connectivity index (χ4n) is 2.84. The van der Waals surface area contributed by atoms with Crippen molar-refractivity contribution in [2.75, 3.05) is 30.1 Å². The Morgan fingerprint density at radius 3 is 1.85 bits per heavy atom. The lowest BCUT2D eigenvalue weighted by Crippen LogP contribution is -2.15. The first-order chi connectivity index (χ1) is 13.1. The molecule has 1 amide bonds. The van der Waals surface area contributed by atoms with E-state index >= 15 is 0 Å². The lowest BCUT2D eigenvalue weighted by molar-refractivity contribution is -0.113. The highest BCUT2D eigenvalue weighted by Crippen LogP contribution is 2.35. The minimum atomic E-state index is 0.00876. The molecule has 4 heteroatoms. The molecule has 0 unspecified atom stereocenters. The largest absolute Gasteiger partial charge is 0.378 e. The molecule has 1 N–H and O–H groups in total. The van der Waals surface area contributed by atoms with E-state index in [1.54, 1.807) is 11.8 Å². The Kier molecular flexibility index (Phi) is 6.55. The highest BCUT2D eigenvalue weighted by atomic mass is 32.2. The van der Waals surface area contributed by atoms with Gasteiger partial charge in [0.2, 0.25) is 5.91 Å². The van der Waals surface area contributed by atoms with Crippen LogP contribution in [-0.4, -0.2) is 25.8 Å². The molecule has 0 heterocycles. The summed E-state index contributed by atoms with van der Waals surface area (Å²) in [5.74, 6) is 0.402. The van der Waals surface area contributed by atoms with Crippen LogP contribution in [0.2, 0.25) is 0 Å². The topological polar surface area (TPSA) is 32.3 Å². The molecule has 3 rings (SSSR count). The first-order valence-corrected chi connectivity index (χ1v) is 9.97. The number of carbonyl (C=O) groups is 1. The predicted molar refractivity (Wildman–Crippen MR) is 117 cm³/mol. The van der Waals surface area contributed by atoms with Gasteiger partial charge in [-0.1, -0.05) is 60.7 Å². The van der Waals surface area contributed by atoms with E-state index in [1.165, 1.54) is 11.1 Å². The van der Waals surface area contributed by atoms with Gasteiger partial charge in [0.15, 0.2) is 0 Å². The molecule has 3 nitrogen and oxygen atoms in total. The quantitative estimate of drug-likeness (QED) is 0.614. The van der Waals surface area contributed by atoms with E-state index in [2.05, 4.69) is 29.6 Å². The fourth-order valence-corrected chi connectivity index (χ4v) is 3.93. The fraction of sp³-hybridized carbons (Fsp3) is 0.174. The lowest BCUT2D eigenvalue weighted by Gasteiger charge is -2.18. The van der Waals surface area contributed by atoms with Crippen LogP contribution in [0.4, 0.5) is 11.4 Å². The summed E-state index contributed by atoms with van der Waals surface area (Å²) in [7, 11) is 4.00. The SMILES string of the molecule is CN(C)c1ccc(NC(=O)CSC(c2ccccc2)c2ccccc2)cc1. The van der Waals surface area contributed by atoms with Crippen molar-refractivity contribution in [1.29, 1.82) is 0 Å². The molecule has 27 heavy (non-hydrogen) atoms. The van der Waals surface area contributed by atoms with Gasteiger partial charge in [-0.15, -0.1) is 11.8 Å². The summed E-state index contributed by atoms with van der Waals surface area (Å²) in [6.07, 6.45) is 0.